The Hall–Kier alpha value is -3.58. The molecule has 0 atom stereocenters. The van der Waals surface area contributed by atoms with E-state index >= 15 is 0 Å². The molecule has 7 heteroatoms. The summed E-state index contributed by atoms with van der Waals surface area (Å²) in [6.07, 6.45) is 3.26. The summed E-state index contributed by atoms with van der Waals surface area (Å²) in [7, 11) is 0. The molecule has 0 unspecified atom stereocenters. The van der Waals surface area contributed by atoms with E-state index in [0.717, 1.165) is 33.3 Å². The van der Waals surface area contributed by atoms with Crippen LogP contribution < -0.4 is 4.90 Å². The van der Waals surface area contributed by atoms with Gasteiger partial charge in [0.1, 0.15) is 22.7 Å². The van der Waals surface area contributed by atoms with E-state index < -0.39 is 10.7 Å². The predicted molar refractivity (Wildman–Crippen MR) is 135 cm³/mol. The van der Waals surface area contributed by atoms with E-state index in [1.165, 1.54) is 17.3 Å². The highest BCUT2D eigenvalue weighted by Crippen LogP contribution is 2.33. The summed E-state index contributed by atoms with van der Waals surface area (Å²) in [6, 6.07) is 22.1. The van der Waals surface area contributed by atoms with Gasteiger partial charge in [-0.05, 0) is 56.7 Å². The van der Waals surface area contributed by atoms with E-state index in [4.69, 9.17) is 4.42 Å². The minimum Gasteiger partial charge on any atom is -0.480 e. The van der Waals surface area contributed by atoms with E-state index in [9.17, 15) is 9.90 Å². The van der Waals surface area contributed by atoms with Gasteiger partial charge in [-0.3, -0.25) is 4.79 Å². The zero-order valence-electron chi connectivity index (χ0n) is 19.4. The van der Waals surface area contributed by atoms with Crippen molar-refractivity contribution < 1.29 is 14.3 Å². The largest absolute Gasteiger partial charge is 0.480 e. The van der Waals surface area contributed by atoms with E-state index in [0.29, 0.717) is 13.1 Å². The Kier molecular flexibility index (Phi) is 7.03. The van der Waals surface area contributed by atoms with Crippen molar-refractivity contribution in [1.82, 2.24) is 9.97 Å². The fourth-order valence-corrected chi connectivity index (χ4v) is 4.46. The number of thioether (sulfide) groups is 1. The van der Waals surface area contributed by atoms with Crippen molar-refractivity contribution in [2.24, 2.45) is 0 Å². The first-order valence-corrected chi connectivity index (χ1v) is 11.8. The second-order valence-electron chi connectivity index (χ2n) is 8.63. The molecule has 0 fully saturated rings. The molecule has 0 bridgehead atoms. The van der Waals surface area contributed by atoms with Gasteiger partial charge in [-0.1, -0.05) is 35.9 Å². The summed E-state index contributed by atoms with van der Waals surface area (Å²) in [6.45, 7) is 6.65. The quantitative estimate of drug-likeness (QED) is 0.290. The molecule has 2 aromatic carbocycles. The van der Waals surface area contributed by atoms with Crippen LogP contribution in [0.25, 0.3) is 11.3 Å². The Morgan fingerprint density at radius 1 is 1.03 bits per heavy atom. The minimum atomic E-state index is -0.889. The van der Waals surface area contributed by atoms with Gasteiger partial charge in [0.25, 0.3) is 0 Å². The second-order valence-corrected chi connectivity index (χ2v) is 10.3. The molecule has 34 heavy (non-hydrogen) atoms. The van der Waals surface area contributed by atoms with E-state index in [2.05, 4.69) is 33.9 Å². The maximum absolute atomic E-state index is 11.4. The number of hydrogen-bond acceptors (Lipinski definition) is 6. The highest BCUT2D eigenvalue weighted by Gasteiger charge is 2.28. The summed E-state index contributed by atoms with van der Waals surface area (Å²) < 4.78 is 4.72. The number of carboxylic acids is 1. The highest BCUT2D eigenvalue weighted by molar-refractivity contribution is 8.01. The SMILES string of the molecule is Cc1cccc(-c2cc(N(Cc3ccc(SC(C)(C)C(=O)O)cc3)Cc3ccco3)ncn2)c1. The molecule has 0 saturated carbocycles. The third-order valence-corrected chi connectivity index (χ3v) is 6.59. The predicted octanol–water partition coefficient (Wildman–Crippen LogP) is 6.21. The molecule has 0 aliphatic heterocycles. The van der Waals surface area contributed by atoms with Crippen molar-refractivity contribution in [2.75, 3.05) is 4.90 Å². The molecule has 0 aliphatic rings. The number of nitrogens with zero attached hydrogens (tertiary/aromatic N) is 3. The van der Waals surface area contributed by atoms with Crippen molar-refractivity contribution in [1.29, 1.82) is 0 Å². The fourth-order valence-electron chi connectivity index (χ4n) is 3.51. The standard InChI is InChI=1S/C27H27N3O3S/c1-19-6-4-7-21(14-19)24-15-25(29-18-28-24)30(17-22-8-5-13-33-22)16-20-9-11-23(12-10-20)34-27(2,3)26(31)32/h4-15,18H,16-17H2,1-3H3,(H,31,32). The van der Waals surface area contributed by atoms with Crippen LogP contribution in [0, 0.1) is 6.92 Å². The Bertz CT molecular complexity index is 1250. The summed E-state index contributed by atoms with van der Waals surface area (Å²) in [5.41, 5.74) is 4.17. The number of benzene rings is 2. The highest BCUT2D eigenvalue weighted by atomic mass is 32.2. The molecule has 174 valence electrons. The number of rotatable bonds is 9. The zero-order valence-corrected chi connectivity index (χ0v) is 20.2. The summed E-state index contributed by atoms with van der Waals surface area (Å²) in [5, 5.41) is 9.40. The molecule has 4 rings (SSSR count). The normalized spacial score (nSPS) is 11.4. The van der Waals surface area contributed by atoms with Crippen LogP contribution in [0.5, 0.6) is 0 Å². The van der Waals surface area contributed by atoms with Gasteiger partial charge in [-0.15, -0.1) is 11.8 Å². The van der Waals surface area contributed by atoms with Crippen LogP contribution >= 0.6 is 11.8 Å². The monoisotopic (exact) mass is 473 g/mol. The number of hydrogen-bond donors (Lipinski definition) is 1. The van der Waals surface area contributed by atoms with Crippen molar-refractivity contribution in [2.45, 2.75) is 43.5 Å². The molecular weight excluding hydrogens is 446 g/mol. The summed E-state index contributed by atoms with van der Waals surface area (Å²) in [5.74, 6) is 0.804. The van der Waals surface area contributed by atoms with Crippen LogP contribution in [-0.2, 0) is 17.9 Å². The molecule has 4 aromatic rings. The molecule has 0 aliphatic carbocycles. The number of carboxylic acid groups (broad SMARTS) is 1. The van der Waals surface area contributed by atoms with E-state index in [1.54, 1.807) is 26.4 Å². The number of carbonyl (C=O) groups is 1. The molecule has 2 aromatic heterocycles. The van der Waals surface area contributed by atoms with Gasteiger partial charge in [-0.2, -0.15) is 0 Å². The maximum atomic E-state index is 11.4. The van der Waals surface area contributed by atoms with Crippen molar-refractivity contribution in [3.63, 3.8) is 0 Å². The molecule has 0 saturated heterocycles. The van der Waals surface area contributed by atoms with Gasteiger partial charge in [0.15, 0.2) is 0 Å². The van der Waals surface area contributed by atoms with Crippen LogP contribution in [0.15, 0.2) is 88.6 Å². The number of furan rings is 1. The van der Waals surface area contributed by atoms with Crippen LogP contribution in [0.3, 0.4) is 0 Å². The first-order chi connectivity index (χ1) is 16.3. The maximum Gasteiger partial charge on any atom is 0.319 e. The first kappa shape index (κ1) is 23.6. The lowest BCUT2D eigenvalue weighted by Gasteiger charge is -2.24. The first-order valence-electron chi connectivity index (χ1n) is 11.0. The lowest BCUT2D eigenvalue weighted by Crippen LogP contribution is -2.26. The van der Waals surface area contributed by atoms with Gasteiger partial charge < -0.3 is 14.4 Å². The zero-order chi connectivity index (χ0) is 24.1. The van der Waals surface area contributed by atoms with E-state index in [1.807, 2.05) is 54.6 Å². The summed E-state index contributed by atoms with van der Waals surface area (Å²) in [4.78, 5) is 23.5. The third kappa shape index (κ3) is 5.85. The number of aryl methyl sites for hydroxylation is 1. The molecular formula is C27H27N3O3S. The van der Waals surface area contributed by atoms with Gasteiger partial charge in [0, 0.05) is 23.1 Å². The van der Waals surface area contributed by atoms with Crippen molar-refractivity contribution >= 4 is 23.5 Å². The van der Waals surface area contributed by atoms with Gasteiger partial charge in [0.05, 0.1) is 18.5 Å². The Balaban J connectivity index is 1.59. The lowest BCUT2D eigenvalue weighted by molar-refractivity contribution is -0.138. The Morgan fingerprint density at radius 3 is 2.50 bits per heavy atom. The molecule has 1 N–H and O–H groups in total. The smallest absolute Gasteiger partial charge is 0.319 e. The van der Waals surface area contributed by atoms with Gasteiger partial charge in [0.2, 0.25) is 0 Å². The Morgan fingerprint density at radius 2 is 1.82 bits per heavy atom. The molecule has 2 heterocycles. The Labute approximate surface area is 203 Å². The fraction of sp³-hybridized carbons (Fsp3) is 0.222. The minimum absolute atomic E-state index is 0.555. The van der Waals surface area contributed by atoms with Crippen LogP contribution in [0.2, 0.25) is 0 Å². The number of aliphatic carboxylic acids is 1. The third-order valence-electron chi connectivity index (χ3n) is 5.40. The molecule has 6 nitrogen and oxygen atoms in total. The molecule has 0 radical (unpaired) electrons. The van der Waals surface area contributed by atoms with Crippen LogP contribution in [0.4, 0.5) is 5.82 Å². The molecule has 0 amide bonds. The number of aromatic nitrogens is 2. The van der Waals surface area contributed by atoms with Gasteiger partial charge in [-0.25, -0.2) is 9.97 Å². The number of anilines is 1. The average molecular weight is 474 g/mol. The second kappa shape index (κ2) is 10.1. The van der Waals surface area contributed by atoms with Crippen molar-refractivity contribution in [3.05, 3.63) is 96.2 Å². The van der Waals surface area contributed by atoms with Crippen LogP contribution in [0.1, 0.15) is 30.7 Å². The lowest BCUT2D eigenvalue weighted by atomic mass is 10.1. The van der Waals surface area contributed by atoms with E-state index in [-0.39, 0.29) is 0 Å². The topological polar surface area (TPSA) is 79.5 Å². The molecule has 0 spiro atoms. The van der Waals surface area contributed by atoms with Crippen molar-refractivity contribution in [3.8, 4) is 11.3 Å². The summed E-state index contributed by atoms with van der Waals surface area (Å²) >= 11 is 1.33. The van der Waals surface area contributed by atoms with Gasteiger partial charge >= 0.3 is 5.97 Å². The average Bonchev–Trinajstić information content (AvgIpc) is 3.33. The van der Waals surface area contributed by atoms with Crippen LogP contribution in [-0.4, -0.2) is 25.8 Å².